The lowest BCUT2D eigenvalue weighted by molar-refractivity contribution is -0.140. The molecule has 0 spiro atoms. The summed E-state index contributed by atoms with van der Waals surface area (Å²) in [4.78, 5) is 14.7. The van der Waals surface area contributed by atoms with Gasteiger partial charge in [0, 0.05) is 17.8 Å². The van der Waals surface area contributed by atoms with E-state index in [-0.39, 0.29) is 0 Å². The number of rotatable bonds is 3. The molecule has 1 heterocycles. The maximum atomic E-state index is 10.7. The average molecular weight is 180 g/mol. The van der Waals surface area contributed by atoms with E-state index in [0.717, 1.165) is 18.5 Å². The van der Waals surface area contributed by atoms with Crippen LogP contribution in [-0.2, 0) is 4.79 Å². The molecule has 1 saturated carbocycles. The Balaban J connectivity index is 2.27. The number of carbonyl (C=O) groups is 1. The number of hydrogen-bond acceptors (Lipinski definition) is 2. The van der Waals surface area contributed by atoms with Gasteiger partial charge in [0.2, 0.25) is 0 Å². The van der Waals surface area contributed by atoms with Gasteiger partial charge in [-0.25, -0.2) is 9.78 Å². The lowest BCUT2D eigenvalue weighted by Crippen LogP contribution is -2.16. The first-order chi connectivity index (χ1) is 6.20. The molecule has 4 nitrogen and oxygen atoms in total. The van der Waals surface area contributed by atoms with Gasteiger partial charge in [-0.1, -0.05) is 0 Å². The summed E-state index contributed by atoms with van der Waals surface area (Å²) in [6.07, 6.45) is 5.71. The lowest BCUT2D eigenvalue weighted by atomic mass is 10.2. The third kappa shape index (κ3) is 1.43. The summed E-state index contributed by atoms with van der Waals surface area (Å²) in [6.45, 7) is 1.68. The van der Waals surface area contributed by atoms with Crippen LogP contribution in [0.5, 0.6) is 0 Å². The van der Waals surface area contributed by atoms with E-state index in [0.29, 0.717) is 5.92 Å². The largest absolute Gasteiger partial charge is 0.480 e. The molecule has 70 valence electrons. The Morgan fingerprint density at radius 3 is 3.00 bits per heavy atom. The normalized spacial score (nSPS) is 18.5. The lowest BCUT2D eigenvalue weighted by Gasteiger charge is -2.11. The third-order valence-electron chi connectivity index (χ3n) is 2.47. The second kappa shape index (κ2) is 2.87. The minimum Gasteiger partial charge on any atom is -0.480 e. The van der Waals surface area contributed by atoms with Gasteiger partial charge in [0.05, 0.1) is 6.33 Å². The fourth-order valence-electron chi connectivity index (χ4n) is 1.45. The van der Waals surface area contributed by atoms with Crippen molar-refractivity contribution in [3.05, 3.63) is 18.2 Å². The highest BCUT2D eigenvalue weighted by Gasteiger charge is 2.29. The Morgan fingerprint density at radius 1 is 1.77 bits per heavy atom. The second-order valence-corrected chi connectivity index (χ2v) is 3.51. The van der Waals surface area contributed by atoms with Crippen LogP contribution in [0.25, 0.3) is 0 Å². The molecule has 1 aliphatic rings. The Kier molecular flexibility index (Phi) is 1.83. The molecule has 1 N–H and O–H groups in total. The molecular formula is C9H12N2O2. The first-order valence-electron chi connectivity index (χ1n) is 4.44. The van der Waals surface area contributed by atoms with Crippen molar-refractivity contribution in [3.8, 4) is 0 Å². The first-order valence-corrected chi connectivity index (χ1v) is 4.44. The first kappa shape index (κ1) is 8.29. The Morgan fingerprint density at radius 2 is 2.46 bits per heavy atom. The standard InChI is InChI=1S/C9H12N2O2/c1-6(9(12)13)11-5-10-4-8(11)7-2-3-7/h4-7H,2-3H2,1H3,(H,12,13). The molecule has 13 heavy (non-hydrogen) atoms. The molecule has 1 aliphatic carbocycles. The highest BCUT2D eigenvalue weighted by Crippen LogP contribution is 2.40. The van der Waals surface area contributed by atoms with Crippen LogP contribution < -0.4 is 0 Å². The smallest absolute Gasteiger partial charge is 0.326 e. The average Bonchev–Trinajstić information content (AvgIpc) is 2.83. The van der Waals surface area contributed by atoms with Crippen LogP contribution >= 0.6 is 0 Å². The second-order valence-electron chi connectivity index (χ2n) is 3.51. The molecule has 1 atom stereocenters. The fraction of sp³-hybridized carbons (Fsp3) is 0.556. The summed E-state index contributed by atoms with van der Waals surface area (Å²) in [5.74, 6) is -0.260. The molecule has 2 rings (SSSR count). The van der Waals surface area contributed by atoms with Crippen molar-refractivity contribution < 1.29 is 9.90 Å². The summed E-state index contributed by atoms with van der Waals surface area (Å²) in [5, 5.41) is 8.83. The highest BCUT2D eigenvalue weighted by molar-refractivity contribution is 5.71. The van der Waals surface area contributed by atoms with E-state index >= 15 is 0 Å². The van der Waals surface area contributed by atoms with Crippen molar-refractivity contribution in [2.24, 2.45) is 0 Å². The van der Waals surface area contributed by atoms with Gasteiger partial charge in [-0.2, -0.15) is 0 Å². The summed E-state index contributed by atoms with van der Waals surface area (Å²) in [6, 6.07) is -0.502. The van der Waals surface area contributed by atoms with Gasteiger partial charge in [-0.15, -0.1) is 0 Å². The molecule has 0 amide bonds. The van der Waals surface area contributed by atoms with Crippen LogP contribution in [0.4, 0.5) is 0 Å². The maximum absolute atomic E-state index is 10.7. The number of hydrogen-bond donors (Lipinski definition) is 1. The van der Waals surface area contributed by atoms with Gasteiger partial charge >= 0.3 is 5.97 Å². The minimum absolute atomic E-state index is 0.502. The number of aliphatic carboxylic acids is 1. The number of imidazole rings is 1. The van der Waals surface area contributed by atoms with Crippen LogP contribution in [0.1, 0.15) is 37.4 Å². The highest BCUT2D eigenvalue weighted by atomic mass is 16.4. The number of carboxylic acids is 1. The quantitative estimate of drug-likeness (QED) is 0.765. The fourth-order valence-corrected chi connectivity index (χ4v) is 1.45. The van der Waals surface area contributed by atoms with E-state index in [1.807, 2.05) is 0 Å². The molecule has 1 fully saturated rings. The van der Waals surface area contributed by atoms with Gasteiger partial charge in [0.25, 0.3) is 0 Å². The minimum atomic E-state index is -0.806. The van der Waals surface area contributed by atoms with Crippen molar-refractivity contribution in [1.29, 1.82) is 0 Å². The molecule has 4 heteroatoms. The number of aromatic nitrogens is 2. The zero-order valence-corrected chi connectivity index (χ0v) is 7.47. The van der Waals surface area contributed by atoms with Crippen LogP contribution in [0, 0.1) is 0 Å². The van der Waals surface area contributed by atoms with E-state index in [2.05, 4.69) is 4.98 Å². The van der Waals surface area contributed by atoms with Crippen LogP contribution in [-0.4, -0.2) is 20.6 Å². The summed E-state index contributed by atoms with van der Waals surface area (Å²) >= 11 is 0. The molecule has 0 aromatic carbocycles. The van der Waals surface area contributed by atoms with Gasteiger partial charge in [-0.3, -0.25) is 0 Å². The van der Waals surface area contributed by atoms with E-state index in [1.54, 1.807) is 24.0 Å². The Bertz CT molecular complexity index is 328. The number of nitrogens with zero attached hydrogens (tertiary/aromatic N) is 2. The van der Waals surface area contributed by atoms with Gasteiger partial charge in [-0.05, 0) is 19.8 Å². The molecule has 1 aromatic rings. The van der Waals surface area contributed by atoms with Gasteiger partial charge in [0.1, 0.15) is 6.04 Å². The zero-order chi connectivity index (χ0) is 9.42. The molecule has 0 radical (unpaired) electrons. The topological polar surface area (TPSA) is 55.1 Å². The molecule has 1 aromatic heterocycles. The summed E-state index contributed by atoms with van der Waals surface area (Å²) < 4.78 is 1.75. The van der Waals surface area contributed by atoms with Crippen molar-refractivity contribution in [3.63, 3.8) is 0 Å². The van der Waals surface area contributed by atoms with E-state index < -0.39 is 12.0 Å². The summed E-state index contributed by atoms with van der Waals surface area (Å²) in [7, 11) is 0. The molecule has 0 bridgehead atoms. The number of carboxylic acid groups (broad SMARTS) is 1. The molecular weight excluding hydrogens is 168 g/mol. The predicted molar refractivity (Wildman–Crippen MR) is 46.5 cm³/mol. The summed E-state index contributed by atoms with van der Waals surface area (Å²) in [5.41, 5.74) is 1.06. The Labute approximate surface area is 76.2 Å². The van der Waals surface area contributed by atoms with Crippen molar-refractivity contribution in [2.45, 2.75) is 31.7 Å². The van der Waals surface area contributed by atoms with E-state index in [1.165, 1.54) is 0 Å². The third-order valence-corrected chi connectivity index (χ3v) is 2.47. The molecule has 0 aliphatic heterocycles. The van der Waals surface area contributed by atoms with Crippen LogP contribution in [0.2, 0.25) is 0 Å². The van der Waals surface area contributed by atoms with E-state index in [4.69, 9.17) is 5.11 Å². The van der Waals surface area contributed by atoms with Crippen molar-refractivity contribution in [1.82, 2.24) is 9.55 Å². The Hall–Kier alpha value is -1.32. The van der Waals surface area contributed by atoms with Crippen molar-refractivity contribution >= 4 is 5.97 Å². The van der Waals surface area contributed by atoms with Crippen LogP contribution in [0.3, 0.4) is 0 Å². The van der Waals surface area contributed by atoms with Crippen LogP contribution in [0.15, 0.2) is 12.5 Å². The molecule has 0 saturated heterocycles. The van der Waals surface area contributed by atoms with Crippen molar-refractivity contribution in [2.75, 3.05) is 0 Å². The predicted octanol–water partition coefficient (Wildman–Crippen LogP) is 1.41. The zero-order valence-electron chi connectivity index (χ0n) is 7.47. The van der Waals surface area contributed by atoms with E-state index in [9.17, 15) is 4.79 Å². The monoisotopic (exact) mass is 180 g/mol. The van der Waals surface area contributed by atoms with Gasteiger partial charge in [0.15, 0.2) is 0 Å². The van der Waals surface area contributed by atoms with Gasteiger partial charge < -0.3 is 9.67 Å². The SMILES string of the molecule is CC(C(=O)O)n1cncc1C1CC1. The molecule has 1 unspecified atom stereocenters. The maximum Gasteiger partial charge on any atom is 0.326 e.